The van der Waals surface area contributed by atoms with E-state index in [1.165, 1.54) is 15.7 Å². The van der Waals surface area contributed by atoms with Crippen molar-refractivity contribution < 1.29 is 14.3 Å². The normalized spacial score (nSPS) is 14.6. The lowest BCUT2D eigenvalue weighted by atomic mass is 10.1. The molecule has 4 aromatic carbocycles. The van der Waals surface area contributed by atoms with Gasteiger partial charge < -0.3 is 10.1 Å². The summed E-state index contributed by atoms with van der Waals surface area (Å²) in [7, 11) is 0. The van der Waals surface area contributed by atoms with Crippen LogP contribution < -0.4 is 10.1 Å². The van der Waals surface area contributed by atoms with Crippen molar-refractivity contribution in [1.82, 2.24) is 10.2 Å². The Balaban J connectivity index is 1.23. The molecule has 34 heavy (non-hydrogen) atoms. The molecule has 1 heterocycles. The van der Waals surface area contributed by atoms with E-state index in [0.717, 1.165) is 28.0 Å². The fourth-order valence-electron chi connectivity index (χ4n) is 4.03. The highest BCUT2D eigenvalue weighted by molar-refractivity contribution is 6.13. The van der Waals surface area contributed by atoms with E-state index in [-0.39, 0.29) is 18.1 Å². The molecule has 5 heteroatoms. The molecule has 168 valence electrons. The number of hydrogen-bond donors (Lipinski definition) is 1. The van der Waals surface area contributed by atoms with Crippen LogP contribution in [0.1, 0.15) is 22.3 Å². The van der Waals surface area contributed by atoms with Gasteiger partial charge in [-0.3, -0.25) is 9.69 Å². The predicted molar refractivity (Wildman–Crippen MR) is 133 cm³/mol. The molecule has 1 aliphatic heterocycles. The minimum atomic E-state index is -0.409. The zero-order valence-electron chi connectivity index (χ0n) is 18.8. The van der Waals surface area contributed by atoms with Crippen molar-refractivity contribution in [2.45, 2.75) is 20.1 Å². The van der Waals surface area contributed by atoms with Crippen LogP contribution >= 0.6 is 0 Å². The summed E-state index contributed by atoms with van der Waals surface area (Å²) in [5, 5.41) is 5.07. The Kier molecular flexibility index (Phi) is 5.83. The van der Waals surface area contributed by atoms with E-state index in [2.05, 4.69) is 35.6 Å². The Bertz CT molecular complexity index is 1410. The first-order valence-corrected chi connectivity index (χ1v) is 11.2. The average Bonchev–Trinajstić information content (AvgIpc) is 3.11. The second-order valence-corrected chi connectivity index (χ2v) is 8.41. The SMILES string of the molecule is Cc1cccc(CN2C(=O)NC(=Cc3ccc(OCc4ccc5ccccc5c4)cc3)C2=O)c1. The predicted octanol–water partition coefficient (Wildman–Crippen LogP) is 5.82. The molecule has 4 aromatic rings. The van der Waals surface area contributed by atoms with Crippen molar-refractivity contribution >= 4 is 28.8 Å². The van der Waals surface area contributed by atoms with Gasteiger partial charge >= 0.3 is 6.03 Å². The van der Waals surface area contributed by atoms with Crippen molar-refractivity contribution in [3.63, 3.8) is 0 Å². The fraction of sp³-hybridized carbons (Fsp3) is 0.103. The molecule has 0 aliphatic carbocycles. The van der Waals surface area contributed by atoms with Gasteiger partial charge in [0.15, 0.2) is 0 Å². The first-order chi connectivity index (χ1) is 16.5. The number of nitrogens with zero attached hydrogens (tertiary/aromatic N) is 1. The maximum Gasteiger partial charge on any atom is 0.329 e. The lowest BCUT2D eigenvalue weighted by molar-refractivity contribution is -0.123. The summed E-state index contributed by atoms with van der Waals surface area (Å²) in [5.74, 6) is 0.404. The van der Waals surface area contributed by atoms with Crippen LogP contribution in [0.15, 0.2) is 96.7 Å². The van der Waals surface area contributed by atoms with E-state index < -0.39 is 6.03 Å². The van der Waals surface area contributed by atoms with Crippen molar-refractivity contribution in [3.05, 3.63) is 119 Å². The average molecular weight is 449 g/mol. The Hall–Kier alpha value is -4.38. The molecule has 3 amide bonds. The third kappa shape index (κ3) is 4.69. The number of benzene rings is 4. The summed E-state index contributed by atoms with van der Waals surface area (Å²) < 4.78 is 5.93. The number of rotatable bonds is 6. The second-order valence-electron chi connectivity index (χ2n) is 8.41. The molecule has 1 aliphatic rings. The molecular formula is C29H24N2O3. The van der Waals surface area contributed by atoms with E-state index in [1.54, 1.807) is 6.08 Å². The van der Waals surface area contributed by atoms with E-state index in [4.69, 9.17) is 4.74 Å². The third-order valence-electron chi connectivity index (χ3n) is 5.80. The summed E-state index contributed by atoms with van der Waals surface area (Å²) in [6.45, 7) is 2.69. The van der Waals surface area contributed by atoms with Crippen molar-refractivity contribution in [2.24, 2.45) is 0 Å². The van der Waals surface area contributed by atoms with Gasteiger partial charge in [-0.15, -0.1) is 0 Å². The first kappa shape index (κ1) is 21.5. The Morgan fingerprint density at radius 2 is 1.62 bits per heavy atom. The Morgan fingerprint density at radius 1 is 0.824 bits per heavy atom. The highest BCUT2D eigenvalue weighted by Crippen LogP contribution is 2.21. The molecule has 5 nitrogen and oxygen atoms in total. The molecule has 1 N–H and O–H groups in total. The summed E-state index contributed by atoms with van der Waals surface area (Å²) in [5.41, 5.74) is 4.17. The number of imide groups is 1. The van der Waals surface area contributed by atoms with Gasteiger partial charge in [0.25, 0.3) is 5.91 Å². The molecule has 1 saturated heterocycles. The number of aryl methyl sites for hydroxylation is 1. The van der Waals surface area contributed by atoms with Gasteiger partial charge in [0.05, 0.1) is 6.54 Å². The largest absolute Gasteiger partial charge is 0.489 e. The number of carbonyl (C=O) groups excluding carboxylic acids is 2. The number of carbonyl (C=O) groups is 2. The van der Waals surface area contributed by atoms with Crippen LogP contribution in [0.5, 0.6) is 5.75 Å². The minimum Gasteiger partial charge on any atom is -0.489 e. The van der Waals surface area contributed by atoms with Crippen molar-refractivity contribution in [3.8, 4) is 5.75 Å². The molecule has 0 bridgehead atoms. The monoisotopic (exact) mass is 448 g/mol. The van der Waals surface area contributed by atoms with Gasteiger partial charge in [-0.25, -0.2) is 4.79 Å². The summed E-state index contributed by atoms with van der Waals surface area (Å²) in [4.78, 5) is 26.4. The topological polar surface area (TPSA) is 58.6 Å². The van der Waals surface area contributed by atoms with Gasteiger partial charge in [0, 0.05) is 0 Å². The van der Waals surface area contributed by atoms with E-state index in [0.29, 0.717) is 6.61 Å². The molecular weight excluding hydrogens is 424 g/mol. The molecule has 1 fully saturated rings. The molecule has 0 aromatic heterocycles. The number of amides is 3. The van der Waals surface area contributed by atoms with Gasteiger partial charge in [-0.05, 0) is 58.7 Å². The molecule has 0 saturated carbocycles. The van der Waals surface area contributed by atoms with Gasteiger partial charge in [-0.2, -0.15) is 0 Å². The molecule has 0 unspecified atom stereocenters. The summed E-state index contributed by atoms with van der Waals surface area (Å²) in [6.07, 6.45) is 1.68. The molecule has 0 radical (unpaired) electrons. The zero-order valence-corrected chi connectivity index (χ0v) is 18.8. The van der Waals surface area contributed by atoms with Gasteiger partial charge in [0.1, 0.15) is 18.1 Å². The smallest absolute Gasteiger partial charge is 0.329 e. The molecule has 5 rings (SSSR count). The van der Waals surface area contributed by atoms with Gasteiger partial charge in [-0.1, -0.05) is 78.4 Å². The van der Waals surface area contributed by atoms with Crippen LogP contribution in [-0.4, -0.2) is 16.8 Å². The number of nitrogens with one attached hydrogen (secondary N) is 1. The lowest BCUT2D eigenvalue weighted by Gasteiger charge is -2.12. The van der Waals surface area contributed by atoms with Crippen LogP contribution in [0, 0.1) is 6.92 Å². The van der Waals surface area contributed by atoms with E-state index in [9.17, 15) is 9.59 Å². The summed E-state index contributed by atoms with van der Waals surface area (Å²) >= 11 is 0. The summed E-state index contributed by atoms with van der Waals surface area (Å²) in [6, 6.07) is 29.4. The molecule has 0 spiro atoms. The van der Waals surface area contributed by atoms with E-state index >= 15 is 0 Å². The van der Waals surface area contributed by atoms with Crippen LogP contribution in [0.4, 0.5) is 4.79 Å². The number of ether oxygens (including phenoxy) is 1. The lowest BCUT2D eigenvalue weighted by Crippen LogP contribution is -2.30. The number of fused-ring (bicyclic) bond motifs is 1. The van der Waals surface area contributed by atoms with Crippen LogP contribution in [0.25, 0.3) is 16.8 Å². The van der Waals surface area contributed by atoms with E-state index in [1.807, 2.05) is 67.6 Å². The standard InChI is InChI=1S/C29H24N2O3/c1-20-5-4-6-22(15-20)18-31-28(32)27(30-29(31)33)17-21-10-13-26(14-11-21)34-19-23-9-12-24-7-2-3-8-25(24)16-23/h2-17H,18-19H2,1H3,(H,30,33). The Labute approximate surface area is 198 Å². The van der Waals surface area contributed by atoms with Gasteiger partial charge in [0.2, 0.25) is 0 Å². The fourth-order valence-corrected chi connectivity index (χ4v) is 4.03. The van der Waals surface area contributed by atoms with Crippen molar-refractivity contribution in [1.29, 1.82) is 0 Å². The second kappa shape index (κ2) is 9.24. The third-order valence-corrected chi connectivity index (χ3v) is 5.80. The zero-order chi connectivity index (χ0) is 23.5. The number of urea groups is 1. The maximum atomic E-state index is 12.8. The maximum absolute atomic E-state index is 12.8. The first-order valence-electron chi connectivity index (χ1n) is 11.2. The minimum absolute atomic E-state index is 0.241. The van der Waals surface area contributed by atoms with Crippen LogP contribution in [0.2, 0.25) is 0 Å². The highest BCUT2D eigenvalue weighted by Gasteiger charge is 2.33. The van der Waals surface area contributed by atoms with Crippen LogP contribution in [-0.2, 0) is 17.9 Å². The quantitative estimate of drug-likeness (QED) is 0.299. The highest BCUT2D eigenvalue weighted by atomic mass is 16.5. The van der Waals surface area contributed by atoms with Crippen molar-refractivity contribution in [2.75, 3.05) is 0 Å². The molecule has 0 atom stereocenters. The Morgan fingerprint density at radius 3 is 2.41 bits per heavy atom. The van der Waals surface area contributed by atoms with Crippen LogP contribution in [0.3, 0.4) is 0 Å². The number of hydrogen-bond acceptors (Lipinski definition) is 3.